The molecule has 0 amide bonds. The van der Waals surface area contributed by atoms with E-state index in [-0.39, 0.29) is 0 Å². The summed E-state index contributed by atoms with van der Waals surface area (Å²) in [6, 6.07) is 8.00. The summed E-state index contributed by atoms with van der Waals surface area (Å²) in [5.74, 6) is 0.562. The highest BCUT2D eigenvalue weighted by atomic mass is 32.1. The van der Waals surface area contributed by atoms with Gasteiger partial charge in [-0.05, 0) is 30.3 Å². The SMILES string of the molecule is CCc1ccccc1-c1n[nH]c(=S)o1. The molecular weight excluding hydrogens is 196 g/mol. The van der Waals surface area contributed by atoms with Gasteiger partial charge in [0.2, 0.25) is 5.89 Å². The summed E-state index contributed by atoms with van der Waals surface area (Å²) in [5, 5.41) is 6.62. The van der Waals surface area contributed by atoms with Crippen LogP contribution in [0.15, 0.2) is 28.7 Å². The zero-order chi connectivity index (χ0) is 9.97. The first-order chi connectivity index (χ1) is 6.81. The second-order valence-corrected chi connectivity index (χ2v) is 3.30. The molecule has 0 fully saturated rings. The van der Waals surface area contributed by atoms with E-state index in [1.54, 1.807) is 0 Å². The molecule has 3 nitrogen and oxygen atoms in total. The average molecular weight is 206 g/mol. The zero-order valence-corrected chi connectivity index (χ0v) is 8.60. The molecule has 2 aromatic rings. The molecule has 0 bridgehead atoms. The third-order valence-corrected chi connectivity index (χ3v) is 2.24. The molecule has 72 valence electrons. The van der Waals surface area contributed by atoms with Crippen molar-refractivity contribution in [2.75, 3.05) is 0 Å². The first-order valence-corrected chi connectivity index (χ1v) is 4.86. The van der Waals surface area contributed by atoms with Gasteiger partial charge in [-0.1, -0.05) is 25.1 Å². The van der Waals surface area contributed by atoms with Gasteiger partial charge in [0.1, 0.15) is 0 Å². The van der Waals surface area contributed by atoms with Crippen LogP contribution >= 0.6 is 12.2 Å². The summed E-state index contributed by atoms with van der Waals surface area (Å²) in [4.78, 5) is 0.311. The van der Waals surface area contributed by atoms with Gasteiger partial charge in [0, 0.05) is 5.56 Å². The molecule has 1 aromatic heterocycles. The van der Waals surface area contributed by atoms with Gasteiger partial charge in [-0.3, -0.25) is 0 Å². The van der Waals surface area contributed by atoms with Crippen LogP contribution in [0.1, 0.15) is 12.5 Å². The number of H-pyrrole nitrogens is 1. The second kappa shape index (κ2) is 3.75. The van der Waals surface area contributed by atoms with Gasteiger partial charge < -0.3 is 4.42 Å². The summed E-state index contributed by atoms with van der Waals surface area (Å²) in [7, 11) is 0. The van der Waals surface area contributed by atoms with Gasteiger partial charge in [-0.2, -0.15) is 0 Å². The van der Waals surface area contributed by atoms with Crippen molar-refractivity contribution in [3.63, 3.8) is 0 Å². The number of nitrogens with one attached hydrogen (secondary N) is 1. The summed E-state index contributed by atoms with van der Waals surface area (Å²) in [5.41, 5.74) is 2.21. The summed E-state index contributed by atoms with van der Waals surface area (Å²) in [6.45, 7) is 2.10. The Labute approximate surface area is 86.8 Å². The van der Waals surface area contributed by atoms with E-state index < -0.39 is 0 Å². The van der Waals surface area contributed by atoms with Crippen molar-refractivity contribution in [1.82, 2.24) is 10.2 Å². The third-order valence-electron chi connectivity index (χ3n) is 2.07. The first kappa shape index (κ1) is 9.15. The number of hydrogen-bond acceptors (Lipinski definition) is 3. The molecule has 0 aliphatic rings. The molecule has 1 N–H and O–H groups in total. The molecular formula is C10H10N2OS. The zero-order valence-electron chi connectivity index (χ0n) is 7.78. The predicted molar refractivity (Wildman–Crippen MR) is 56.5 cm³/mol. The Morgan fingerprint density at radius 1 is 1.43 bits per heavy atom. The first-order valence-electron chi connectivity index (χ1n) is 4.45. The minimum atomic E-state index is 0.311. The number of benzene rings is 1. The van der Waals surface area contributed by atoms with Gasteiger partial charge in [0.05, 0.1) is 0 Å². The molecule has 1 aromatic carbocycles. The number of nitrogens with zero attached hydrogens (tertiary/aromatic N) is 1. The molecule has 2 rings (SSSR count). The quantitative estimate of drug-likeness (QED) is 0.768. The van der Waals surface area contributed by atoms with Crippen LogP contribution in [-0.4, -0.2) is 10.2 Å². The number of aryl methyl sites for hydroxylation is 1. The second-order valence-electron chi connectivity index (χ2n) is 2.93. The molecule has 0 saturated carbocycles. The van der Waals surface area contributed by atoms with Crippen LogP contribution < -0.4 is 0 Å². The number of rotatable bonds is 2. The van der Waals surface area contributed by atoms with E-state index in [0.29, 0.717) is 10.7 Å². The monoisotopic (exact) mass is 206 g/mol. The summed E-state index contributed by atoms with van der Waals surface area (Å²) < 4.78 is 5.26. The van der Waals surface area contributed by atoms with Crippen LogP contribution in [0.4, 0.5) is 0 Å². The van der Waals surface area contributed by atoms with E-state index in [4.69, 9.17) is 16.6 Å². The average Bonchev–Trinajstić information content (AvgIpc) is 2.65. The standard InChI is InChI=1S/C10H10N2OS/c1-2-7-5-3-4-6-8(7)9-11-12-10(14)13-9/h3-6H,2H2,1H3,(H,12,14). The third kappa shape index (κ3) is 1.61. The fourth-order valence-corrected chi connectivity index (χ4v) is 1.51. The van der Waals surface area contributed by atoms with Crippen LogP contribution in [0.3, 0.4) is 0 Å². The van der Waals surface area contributed by atoms with Gasteiger partial charge in [-0.25, -0.2) is 5.10 Å². The van der Waals surface area contributed by atoms with E-state index in [1.807, 2.05) is 18.2 Å². The van der Waals surface area contributed by atoms with Gasteiger partial charge in [-0.15, -0.1) is 5.10 Å². The molecule has 0 spiro atoms. The Hall–Kier alpha value is -1.42. The van der Waals surface area contributed by atoms with Crippen LogP contribution in [0.2, 0.25) is 0 Å². The van der Waals surface area contributed by atoms with Crippen molar-refractivity contribution in [3.8, 4) is 11.5 Å². The maximum absolute atomic E-state index is 5.26. The van der Waals surface area contributed by atoms with Crippen molar-refractivity contribution in [3.05, 3.63) is 34.7 Å². The molecule has 0 aliphatic carbocycles. The van der Waals surface area contributed by atoms with E-state index in [9.17, 15) is 0 Å². The van der Waals surface area contributed by atoms with Crippen molar-refractivity contribution in [1.29, 1.82) is 0 Å². The van der Waals surface area contributed by atoms with Crippen LogP contribution in [-0.2, 0) is 6.42 Å². The fraction of sp³-hybridized carbons (Fsp3) is 0.200. The lowest BCUT2D eigenvalue weighted by Crippen LogP contribution is -1.86. The van der Waals surface area contributed by atoms with Crippen LogP contribution in [0.5, 0.6) is 0 Å². The van der Waals surface area contributed by atoms with E-state index in [2.05, 4.69) is 23.2 Å². The maximum atomic E-state index is 5.26. The molecule has 0 unspecified atom stereocenters. The fourth-order valence-electron chi connectivity index (χ4n) is 1.38. The summed E-state index contributed by atoms with van der Waals surface area (Å²) >= 11 is 4.83. The largest absolute Gasteiger partial charge is 0.409 e. The van der Waals surface area contributed by atoms with E-state index in [1.165, 1.54) is 5.56 Å². The summed E-state index contributed by atoms with van der Waals surface area (Å²) in [6.07, 6.45) is 0.950. The number of aromatic nitrogens is 2. The van der Waals surface area contributed by atoms with Crippen LogP contribution in [0.25, 0.3) is 11.5 Å². The highest BCUT2D eigenvalue weighted by molar-refractivity contribution is 7.71. The molecule has 0 saturated heterocycles. The Bertz CT molecular complexity index is 487. The van der Waals surface area contributed by atoms with Crippen molar-refractivity contribution >= 4 is 12.2 Å². The lowest BCUT2D eigenvalue weighted by molar-refractivity contribution is 0.551. The molecule has 14 heavy (non-hydrogen) atoms. The smallest absolute Gasteiger partial charge is 0.284 e. The van der Waals surface area contributed by atoms with E-state index in [0.717, 1.165) is 12.0 Å². The van der Waals surface area contributed by atoms with Crippen molar-refractivity contribution in [2.24, 2.45) is 0 Å². The Morgan fingerprint density at radius 2 is 2.21 bits per heavy atom. The van der Waals surface area contributed by atoms with Crippen LogP contribution in [0, 0.1) is 4.84 Å². The topological polar surface area (TPSA) is 41.8 Å². The minimum absolute atomic E-state index is 0.311. The van der Waals surface area contributed by atoms with E-state index >= 15 is 0 Å². The molecule has 0 atom stereocenters. The Balaban J connectivity index is 2.55. The lowest BCUT2D eigenvalue weighted by atomic mass is 10.1. The predicted octanol–water partition coefficient (Wildman–Crippen LogP) is 2.96. The maximum Gasteiger partial charge on any atom is 0.284 e. The Morgan fingerprint density at radius 3 is 2.86 bits per heavy atom. The van der Waals surface area contributed by atoms with Gasteiger partial charge >= 0.3 is 0 Å². The molecule has 4 heteroatoms. The molecule has 0 radical (unpaired) electrons. The van der Waals surface area contributed by atoms with Crippen molar-refractivity contribution < 1.29 is 4.42 Å². The lowest BCUT2D eigenvalue weighted by Gasteiger charge is -2.01. The molecule has 0 aliphatic heterocycles. The number of aromatic amines is 1. The van der Waals surface area contributed by atoms with Crippen molar-refractivity contribution in [2.45, 2.75) is 13.3 Å². The minimum Gasteiger partial charge on any atom is -0.409 e. The molecule has 1 heterocycles. The number of hydrogen-bond donors (Lipinski definition) is 1. The normalized spacial score (nSPS) is 10.4. The highest BCUT2D eigenvalue weighted by Gasteiger charge is 2.07. The Kier molecular flexibility index (Phi) is 2.45. The van der Waals surface area contributed by atoms with Gasteiger partial charge in [0.15, 0.2) is 0 Å². The highest BCUT2D eigenvalue weighted by Crippen LogP contribution is 2.21. The van der Waals surface area contributed by atoms with Gasteiger partial charge in [0.25, 0.3) is 4.84 Å².